The van der Waals surface area contributed by atoms with Crippen LogP contribution < -0.4 is 0 Å². The number of hydrogen-bond acceptors (Lipinski definition) is 6. The minimum Gasteiger partial charge on any atom is -0.462 e. The van der Waals surface area contributed by atoms with Crippen LogP contribution in [-0.2, 0) is 28.2 Å². The third-order valence-corrected chi connectivity index (χ3v) is 8.12. The van der Waals surface area contributed by atoms with Crippen molar-refractivity contribution in [1.29, 1.82) is 0 Å². The van der Waals surface area contributed by atoms with E-state index in [9.17, 15) is 14.2 Å². The van der Waals surface area contributed by atoms with E-state index in [0.717, 1.165) is 77.0 Å². The molecule has 0 aromatic carbocycles. The lowest BCUT2D eigenvalue weighted by Gasteiger charge is -2.18. The molecule has 0 bridgehead atoms. The Labute approximate surface area is 281 Å². The zero-order valence-electron chi connectivity index (χ0n) is 29.2. The van der Waals surface area contributed by atoms with Crippen LogP contribution in [0.3, 0.4) is 0 Å². The second kappa shape index (κ2) is 33.2. The molecule has 0 saturated carbocycles. The first-order valence-electron chi connectivity index (χ1n) is 18.3. The average molecular weight is 671 g/mol. The molecule has 0 aromatic rings. The summed E-state index contributed by atoms with van der Waals surface area (Å²) in [4.78, 5) is 42.6. The van der Waals surface area contributed by atoms with Crippen molar-refractivity contribution in [3.05, 3.63) is 36.5 Å². The third-order valence-electron chi connectivity index (χ3n) is 7.63. The first-order valence-corrected chi connectivity index (χ1v) is 19.8. The van der Waals surface area contributed by atoms with E-state index in [0.29, 0.717) is 12.8 Å². The summed E-state index contributed by atoms with van der Waals surface area (Å²) in [6, 6.07) is 0. The summed E-state index contributed by atoms with van der Waals surface area (Å²) in [5.74, 6) is -0.913. The average Bonchev–Trinajstić information content (AvgIpc) is 3.02. The van der Waals surface area contributed by atoms with Gasteiger partial charge in [0.2, 0.25) is 0 Å². The van der Waals surface area contributed by atoms with Gasteiger partial charge in [0.25, 0.3) is 0 Å². The molecule has 1 atom stereocenters. The van der Waals surface area contributed by atoms with Crippen molar-refractivity contribution in [3.63, 3.8) is 0 Å². The van der Waals surface area contributed by atoms with E-state index in [2.05, 4.69) is 54.8 Å². The molecule has 9 heteroatoms. The topological polar surface area (TPSA) is 119 Å². The van der Waals surface area contributed by atoms with E-state index in [1.807, 2.05) is 0 Å². The van der Waals surface area contributed by atoms with Gasteiger partial charge in [0.1, 0.15) is 6.61 Å². The number of phosphoric acid groups is 1. The number of ether oxygens (including phenoxy) is 2. The maximum atomic E-state index is 12.3. The number of hydrogen-bond donors (Lipinski definition) is 2. The highest BCUT2D eigenvalue weighted by Gasteiger charge is 2.22. The molecule has 0 aromatic heterocycles. The van der Waals surface area contributed by atoms with E-state index in [1.165, 1.54) is 51.4 Å². The van der Waals surface area contributed by atoms with Crippen LogP contribution in [0, 0.1) is 0 Å². The summed E-state index contributed by atoms with van der Waals surface area (Å²) in [5.41, 5.74) is 0. The van der Waals surface area contributed by atoms with Crippen LogP contribution in [-0.4, -0.2) is 41.0 Å². The Morgan fingerprint density at radius 1 is 0.565 bits per heavy atom. The first-order chi connectivity index (χ1) is 22.3. The number of rotatable bonds is 33. The highest BCUT2D eigenvalue weighted by Crippen LogP contribution is 2.36. The molecule has 0 unspecified atom stereocenters. The fourth-order valence-corrected chi connectivity index (χ4v) is 5.21. The summed E-state index contributed by atoms with van der Waals surface area (Å²) in [7, 11) is -4.75. The second-order valence-corrected chi connectivity index (χ2v) is 13.4. The second-order valence-electron chi connectivity index (χ2n) is 12.2. The normalized spacial score (nSPS) is 12.9. The maximum Gasteiger partial charge on any atom is 0.469 e. The molecule has 0 aliphatic rings. The molecular weight excluding hydrogens is 603 g/mol. The van der Waals surface area contributed by atoms with Crippen LogP contribution in [0.1, 0.15) is 168 Å². The van der Waals surface area contributed by atoms with Gasteiger partial charge < -0.3 is 19.3 Å². The van der Waals surface area contributed by atoms with Gasteiger partial charge in [-0.1, -0.05) is 127 Å². The number of carbonyl (C=O) groups excluding carboxylic acids is 2. The van der Waals surface area contributed by atoms with Gasteiger partial charge in [-0.2, -0.15) is 0 Å². The Hall–Kier alpha value is -1.73. The molecule has 46 heavy (non-hydrogen) atoms. The number of phosphoric ester groups is 1. The largest absolute Gasteiger partial charge is 0.469 e. The highest BCUT2D eigenvalue weighted by molar-refractivity contribution is 7.46. The molecule has 0 aliphatic heterocycles. The van der Waals surface area contributed by atoms with Gasteiger partial charge in [0.05, 0.1) is 6.61 Å². The van der Waals surface area contributed by atoms with Gasteiger partial charge >= 0.3 is 19.8 Å². The highest BCUT2D eigenvalue weighted by atomic mass is 31.2. The Balaban J connectivity index is 4.02. The van der Waals surface area contributed by atoms with Crippen LogP contribution in [0.2, 0.25) is 0 Å². The molecule has 0 fully saturated rings. The van der Waals surface area contributed by atoms with Gasteiger partial charge in [0.15, 0.2) is 6.10 Å². The van der Waals surface area contributed by atoms with Crippen LogP contribution in [0.25, 0.3) is 0 Å². The third kappa shape index (κ3) is 35.1. The Morgan fingerprint density at radius 2 is 1.00 bits per heavy atom. The van der Waals surface area contributed by atoms with Gasteiger partial charge in [-0.25, -0.2) is 4.57 Å². The fourth-order valence-electron chi connectivity index (χ4n) is 4.85. The molecule has 268 valence electrons. The molecule has 0 aliphatic carbocycles. The van der Waals surface area contributed by atoms with Gasteiger partial charge in [-0.05, 0) is 64.2 Å². The van der Waals surface area contributed by atoms with Crippen molar-refractivity contribution in [2.45, 2.75) is 174 Å². The molecule has 2 N–H and O–H groups in total. The van der Waals surface area contributed by atoms with Gasteiger partial charge in [-0.15, -0.1) is 0 Å². The van der Waals surface area contributed by atoms with Crippen molar-refractivity contribution >= 4 is 19.8 Å². The van der Waals surface area contributed by atoms with E-state index >= 15 is 0 Å². The minimum absolute atomic E-state index is 0.199. The fraction of sp³-hybridized carbons (Fsp3) is 0.784. The van der Waals surface area contributed by atoms with Gasteiger partial charge in [0, 0.05) is 12.8 Å². The molecule has 8 nitrogen and oxygen atoms in total. The number of unbranched alkanes of at least 4 members (excludes halogenated alkanes) is 17. The van der Waals surface area contributed by atoms with E-state index in [-0.39, 0.29) is 19.4 Å². The van der Waals surface area contributed by atoms with E-state index in [1.54, 1.807) is 0 Å². The monoisotopic (exact) mass is 670 g/mol. The summed E-state index contributed by atoms with van der Waals surface area (Å²) in [6.07, 6.45) is 37.2. The van der Waals surface area contributed by atoms with Crippen LogP contribution in [0.5, 0.6) is 0 Å². The smallest absolute Gasteiger partial charge is 0.462 e. The molecule has 0 heterocycles. The summed E-state index contributed by atoms with van der Waals surface area (Å²) < 4.78 is 26.2. The van der Waals surface area contributed by atoms with Crippen molar-refractivity contribution in [1.82, 2.24) is 0 Å². The lowest BCUT2D eigenvalue weighted by molar-refractivity contribution is -0.161. The quantitative estimate of drug-likeness (QED) is 0.0306. The summed E-state index contributed by atoms with van der Waals surface area (Å²) >= 11 is 0. The molecule has 0 radical (unpaired) electrons. The maximum absolute atomic E-state index is 12.3. The molecular formula is C37H67O8P. The molecule has 0 spiro atoms. The zero-order chi connectivity index (χ0) is 34.0. The Bertz CT molecular complexity index is 848. The predicted molar refractivity (Wildman–Crippen MR) is 188 cm³/mol. The van der Waals surface area contributed by atoms with Gasteiger partial charge in [-0.3, -0.25) is 14.1 Å². The van der Waals surface area contributed by atoms with Crippen molar-refractivity contribution in [2.24, 2.45) is 0 Å². The number of carbonyl (C=O) groups is 2. The molecule has 0 amide bonds. The zero-order valence-corrected chi connectivity index (χ0v) is 30.1. The van der Waals surface area contributed by atoms with E-state index in [4.69, 9.17) is 19.3 Å². The van der Waals surface area contributed by atoms with Crippen LogP contribution in [0.4, 0.5) is 0 Å². The van der Waals surface area contributed by atoms with Crippen molar-refractivity contribution in [2.75, 3.05) is 13.2 Å². The minimum atomic E-state index is -4.75. The standard InChI is InChI=1S/C37H67O8P/c1-3-5-7-9-11-13-15-17-19-21-23-25-27-29-31-36(38)43-33-35(34-44-46(40,41)42)45-37(39)32-30-28-26-24-22-20-18-16-14-12-10-8-6-4-2/h9,11,15-18,35H,3-8,10,12-14,19-34H2,1-2H3,(H2,40,41,42)/b11-9+,17-15+,18-16+/t35-/m1/s1. The van der Waals surface area contributed by atoms with Crippen LogP contribution in [0.15, 0.2) is 36.5 Å². The SMILES string of the molecule is CCCC/C=C/C/C=C/CCCCCCCC(=O)OC[C@H](COP(=O)(O)O)OC(=O)CCCCCCC/C=C/CCCCCCC. The van der Waals surface area contributed by atoms with Crippen LogP contribution >= 0.6 is 7.82 Å². The predicted octanol–water partition coefficient (Wildman–Crippen LogP) is 10.6. The summed E-state index contributed by atoms with van der Waals surface area (Å²) in [6.45, 7) is 3.60. The number of allylic oxidation sites excluding steroid dienone is 6. The van der Waals surface area contributed by atoms with E-state index < -0.39 is 32.5 Å². The molecule has 0 rings (SSSR count). The first kappa shape index (κ1) is 44.3. The Morgan fingerprint density at radius 3 is 1.52 bits per heavy atom. The molecule has 0 saturated heterocycles. The number of esters is 2. The van der Waals surface area contributed by atoms with Crippen molar-refractivity contribution in [3.8, 4) is 0 Å². The summed E-state index contributed by atoms with van der Waals surface area (Å²) in [5, 5.41) is 0. The van der Waals surface area contributed by atoms with Crippen molar-refractivity contribution < 1.29 is 37.9 Å². The lowest BCUT2D eigenvalue weighted by atomic mass is 10.1. The lowest BCUT2D eigenvalue weighted by Crippen LogP contribution is -2.29. The Kier molecular flexibility index (Phi) is 31.9.